The van der Waals surface area contributed by atoms with E-state index in [-0.39, 0.29) is 0 Å². The average molecular weight is 304 g/mol. The number of hydrogen-bond donors (Lipinski definition) is 3. The van der Waals surface area contributed by atoms with Crippen LogP contribution in [0.1, 0.15) is 21.9 Å². The van der Waals surface area contributed by atoms with Crippen molar-refractivity contribution in [2.24, 2.45) is 5.84 Å². The van der Waals surface area contributed by atoms with Gasteiger partial charge in [0.1, 0.15) is 16.4 Å². The van der Waals surface area contributed by atoms with Crippen LogP contribution in [0.2, 0.25) is 0 Å². The number of fused-ring (bicyclic) bond motifs is 1. The van der Waals surface area contributed by atoms with Crippen molar-refractivity contribution >= 4 is 33.3 Å². The lowest BCUT2D eigenvalue weighted by Crippen LogP contribution is -2.12. The summed E-state index contributed by atoms with van der Waals surface area (Å²) in [7, 11) is 0. The lowest BCUT2D eigenvalue weighted by Gasteiger charge is -2.08. The van der Waals surface area contributed by atoms with Crippen molar-refractivity contribution in [2.75, 3.05) is 10.7 Å². The summed E-state index contributed by atoms with van der Waals surface area (Å²) >= 11 is 1.61. The Morgan fingerprint density at radius 2 is 2.10 bits per heavy atom. The van der Waals surface area contributed by atoms with E-state index < -0.39 is 0 Å². The summed E-state index contributed by atoms with van der Waals surface area (Å²) in [6.45, 7) is 6.45. The van der Waals surface area contributed by atoms with E-state index in [1.807, 2.05) is 20.8 Å². The summed E-state index contributed by atoms with van der Waals surface area (Å²) in [5.41, 5.74) is 4.41. The van der Waals surface area contributed by atoms with E-state index in [0.717, 1.165) is 33.1 Å². The minimum atomic E-state index is 0.394. The second-order valence-electron chi connectivity index (χ2n) is 4.77. The highest BCUT2D eigenvalue weighted by molar-refractivity contribution is 7.18. The van der Waals surface area contributed by atoms with E-state index in [0.29, 0.717) is 12.5 Å². The second kappa shape index (κ2) is 5.30. The molecule has 3 heterocycles. The van der Waals surface area contributed by atoms with Crippen molar-refractivity contribution in [3.63, 3.8) is 0 Å². The molecule has 0 radical (unpaired) electrons. The number of aromatic nitrogens is 3. The molecule has 0 unspecified atom stereocenters. The molecule has 0 amide bonds. The van der Waals surface area contributed by atoms with Gasteiger partial charge in [0.05, 0.1) is 11.1 Å². The van der Waals surface area contributed by atoms with Gasteiger partial charge in [-0.1, -0.05) is 5.16 Å². The molecular weight excluding hydrogens is 288 g/mol. The Bertz CT molecular complexity index is 774. The minimum absolute atomic E-state index is 0.394. The van der Waals surface area contributed by atoms with Crippen LogP contribution in [-0.2, 0) is 6.54 Å². The molecule has 4 N–H and O–H groups in total. The number of rotatable bonds is 4. The molecule has 0 fully saturated rings. The Balaban J connectivity index is 1.96. The van der Waals surface area contributed by atoms with Crippen LogP contribution in [0.4, 0.5) is 11.8 Å². The van der Waals surface area contributed by atoms with Gasteiger partial charge < -0.3 is 9.84 Å². The molecule has 0 saturated carbocycles. The Kier molecular flexibility index (Phi) is 3.48. The second-order valence-corrected chi connectivity index (χ2v) is 6.01. The standard InChI is InChI=1S/C13H16N6OS/c1-6-4-9-11(16-13(18-14)17-12(9)21-6)15-5-10-7(2)19-20-8(10)3/h4H,5,14H2,1-3H3,(H2,15,16,17,18). The van der Waals surface area contributed by atoms with E-state index in [9.17, 15) is 0 Å². The normalized spacial score (nSPS) is 11.0. The fraction of sp³-hybridized carbons (Fsp3) is 0.308. The first-order valence-corrected chi connectivity index (χ1v) is 7.30. The van der Waals surface area contributed by atoms with E-state index in [1.165, 1.54) is 4.88 Å². The number of aryl methyl sites for hydroxylation is 3. The summed E-state index contributed by atoms with van der Waals surface area (Å²) in [6.07, 6.45) is 0. The molecule has 0 saturated heterocycles. The van der Waals surface area contributed by atoms with E-state index in [1.54, 1.807) is 11.3 Å². The molecule has 0 aromatic carbocycles. The first-order valence-electron chi connectivity index (χ1n) is 6.49. The number of hydrogen-bond acceptors (Lipinski definition) is 8. The highest BCUT2D eigenvalue weighted by atomic mass is 32.1. The molecule has 0 aliphatic rings. The Morgan fingerprint density at radius 1 is 1.29 bits per heavy atom. The zero-order valence-corrected chi connectivity index (χ0v) is 12.8. The van der Waals surface area contributed by atoms with E-state index in [2.05, 4.69) is 31.9 Å². The van der Waals surface area contributed by atoms with Crippen LogP contribution in [-0.4, -0.2) is 15.1 Å². The molecule has 3 rings (SSSR count). The van der Waals surface area contributed by atoms with Gasteiger partial charge in [-0.25, -0.2) is 10.8 Å². The highest BCUT2D eigenvalue weighted by Gasteiger charge is 2.13. The number of nitrogens with two attached hydrogens (primary N) is 1. The third-order valence-electron chi connectivity index (χ3n) is 3.26. The smallest absolute Gasteiger partial charge is 0.240 e. The number of nitrogens with zero attached hydrogens (tertiary/aromatic N) is 3. The maximum atomic E-state index is 5.43. The van der Waals surface area contributed by atoms with Gasteiger partial charge in [0.15, 0.2) is 0 Å². The van der Waals surface area contributed by atoms with Crippen molar-refractivity contribution in [1.82, 2.24) is 15.1 Å². The molecule has 3 aromatic rings. The molecule has 21 heavy (non-hydrogen) atoms. The number of anilines is 2. The Morgan fingerprint density at radius 3 is 2.76 bits per heavy atom. The number of hydrazine groups is 1. The van der Waals surface area contributed by atoms with Gasteiger partial charge >= 0.3 is 0 Å². The SMILES string of the molecule is Cc1cc2c(NCc3c(C)noc3C)nc(NN)nc2s1. The summed E-state index contributed by atoms with van der Waals surface area (Å²) in [6, 6.07) is 2.07. The van der Waals surface area contributed by atoms with Crippen LogP contribution in [0, 0.1) is 20.8 Å². The van der Waals surface area contributed by atoms with E-state index >= 15 is 0 Å². The molecule has 7 nitrogen and oxygen atoms in total. The van der Waals surface area contributed by atoms with Gasteiger partial charge in [-0.15, -0.1) is 11.3 Å². The van der Waals surface area contributed by atoms with Gasteiger partial charge in [-0.3, -0.25) is 5.43 Å². The van der Waals surface area contributed by atoms with Gasteiger partial charge in [-0.2, -0.15) is 4.98 Å². The Hall–Kier alpha value is -2.19. The van der Waals surface area contributed by atoms with Crippen molar-refractivity contribution in [1.29, 1.82) is 0 Å². The van der Waals surface area contributed by atoms with Crippen molar-refractivity contribution in [3.8, 4) is 0 Å². The van der Waals surface area contributed by atoms with Gasteiger partial charge in [-0.05, 0) is 26.8 Å². The topological polar surface area (TPSA) is 102 Å². The lowest BCUT2D eigenvalue weighted by molar-refractivity contribution is 0.392. The maximum Gasteiger partial charge on any atom is 0.240 e. The van der Waals surface area contributed by atoms with Crippen LogP contribution in [0.25, 0.3) is 10.2 Å². The predicted octanol–water partition coefficient (Wildman–Crippen LogP) is 2.50. The van der Waals surface area contributed by atoms with Gasteiger partial charge in [0.2, 0.25) is 5.95 Å². The average Bonchev–Trinajstić information content (AvgIpc) is 2.98. The fourth-order valence-corrected chi connectivity index (χ4v) is 3.05. The summed E-state index contributed by atoms with van der Waals surface area (Å²) in [5.74, 6) is 7.38. The van der Waals surface area contributed by atoms with Crippen molar-refractivity contribution in [2.45, 2.75) is 27.3 Å². The number of nitrogens with one attached hydrogen (secondary N) is 2. The van der Waals surface area contributed by atoms with Gasteiger partial charge in [0.25, 0.3) is 0 Å². The first-order chi connectivity index (χ1) is 10.1. The molecule has 0 atom stereocenters. The maximum absolute atomic E-state index is 5.43. The highest BCUT2D eigenvalue weighted by Crippen LogP contribution is 2.30. The van der Waals surface area contributed by atoms with Crippen LogP contribution in [0.15, 0.2) is 10.6 Å². The molecule has 0 spiro atoms. The van der Waals surface area contributed by atoms with Crippen LogP contribution in [0.5, 0.6) is 0 Å². The number of nitrogen functional groups attached to an aromatic ring is 1. The zero-order valence-electron chi connectivity index (χ0n) is 12.0. The third-order valence-corrected chi connectivity index (χ3v) is 4.20. The zero-order chi connectivity index (χ0) is 15.0. The number of thiophene rings is 1. The van der Waals surface area contributed by atoms with Crippen LogP contribution in [0.3, 0.4) is 0 Å². The largest absolute Gasteiger partial charge is 0.365 e. The van der Waals surface area contributed by atoms with Gasteiger partial charge in [0, 0.05) is 17.0 Å². The monoisotopic (exact) mass is 304 g/mol. The molecule has 3 aromatic heterocycles. The quantitative estimate of drug-likeness (QED) is 0.502. The van der Waals surface area contributed by atoms with Crippen molar-refractivity contribution in [3.05, 3.63) is 28.0 Å². The first kappa shape index (κ1) is 13.8. The van der Waals surface area contributed by atoms with E-state index in [4.69, 9.17) is 10.4 Å². The van der Waals surface area contributed by atoms with Crippen LogP contribution < -0.4 is 16.6 Å². The summed E-state index contributed by atoms with van der Waals surface area (Å²) in [4.78, 5) is 10.8. The molecule has 110 valence electrons. The lowest BCUT2D eigenvalue weighted by atomic mass is 10.2. The Labute approximate surface area is 125 Å². The predicted molar refractivity (Wildman–Crippen MR) is 83.3 cm³/mol. The third kappa shape index (κ3) is 2.55. The summed E-state index contributed by atoms with van der Waals surface area (Å²) < 4.78 is 5.17. The molecule has 0 aliphatic carbocycles. The fourth-order valence-electron chi connectivity index (χ4n) is 2.17. The minimum Gasteiger partial charge on any atom is -0.365 e. The molecular formula is C13H16N6OS. The molecule has 8 heteroatoms. The molecule has 0 aliphatic heterocycles. The van der Waals surface area contributed by atoms with Crippen molar-refractivity contribution < 1.29 is 4.52 Å². The van der Waals surface area contributed by atoms with Crippen LogP contribution >= 0.6 is 11.3 Å². The summed E-state index contributed by atoms with van der Waals surface area (Å²) in [5, 5.41) is 8.26. The molecule has 0 bridgehead atoms.